The van der Waals surface area contributed by atoms with Gasteiger partial charge in [-0.15, -0.1) is 0 Å². The van der Waals surface area contributed by atoms with Gasteiger partial charge in [0.15, 0.2) is 9.84 Å². The quantitative estimate of drug-likeness (QED) is 0.744. The van der Waals surface area contributed by atoms with E-state index in [-0.39, 0.29) is 23.7 Å². The first-order valence-corrected chi connectivity index (χ1v) is 8.40. The van der Waals surface area contributed by atoms with Crippen molar-refractivity contribution in [3.8, 4) is 5.75 Å². The van der Waals surface area contributed by atoms with Crippen molar-refractivity contribution in [2.75, 3.05) is 12.4 Å². The molecule has 106 valence electrons. The minimum atomic E-state index is -3.18. The minimum Gasteiger partial charge on any atom is -0.492 e. The molecule has 0 amide bonds. The van der Waals surface area contributed by atoms with E-state index < -0.39 is 21.1 Å². The average Bonchev–Trinajstić information content (AvgIpc) is 2.30. The van der Waals surface area contributed by atoms with Crippen molar-refractivity contribution in [3.63, 3.8) is 0 Å². The molecule has 0 aliphatic rings. The molecule has 0 radical (unpaired) electrons. The molecule has 0 atom stereocenters. The molecule has 0 fully saturated rings. The predicted octanol–water partition coefficient (Wildman–Crippen LogP) is 2.19. The Morgan fingerprint density at radius 2 is 2.05 bits per heavy atom. The number of aromatic carboxylic acids is 1. The summed E-state index contributed by atoms with van der Waals surface area (Å²) in [6, 6.07) is 4.72. The Hall–Kier alpha value is -0.830. The van der Waals surface area contributed by atoms with E-state index in [1.54, 1.807) is 19.9 Å². The third kappa shape index (κ3) is 4.64. The molecule has 0 saturated heterocycles. The van der Waals surface area contributed by atoms with E-state index in [0.29, 0.717) is 0 Å². The molecule has 1 aromatic rings. The Kier molecular flexibility index (Phi) is 5.60. The van der Waals surface area contributed by atoms with Crippen molar-refractivity contribution in [1.82, 2.24) is 0 Å². The summed E-state index contributed by atoms with van der Waals surface area (Å²) in [4.78, 5) is 11.0. The highest BCUT2D eigenvalue weighted by atomic mass is 127. The summed E-state index contributed by atoms with van der Waals surface area (Å²) in [5.74, 6) is -1.04. The summed E-state index contributed by atoms with van der Waals surface area (Å²) >= 11 is 2.00. The van der Waals surface area contributed by atoms with Gasteiger partial charge >= 0.3 is 5.97 Å². The van der Waals surface area contributed by atoms with Gasteiger partial charge in [0.25, 0.3) is 0 Å². The third-order valence-corrected chi connectivity index (χ3v) is 5.36. The molecule has 1 N–H and O–H groups in total. The zero-order valence-corrected chi connectivity index (χ0v) is 13.6. The lowest BCUT2D eigenvalue weighted by atomic mass is 10.2. The maximum atomic E-state index is 11.6. The van der Waals surface area contributed by atoms with Gasteiger partial charge < -0.3 is 9.84 Å². The van der Waals surface area contributed by atoms with Crippen LogP contribution in [-0.4, -0.2) is 37.1 Å². The smallest absolute Gasteiger partial charge is 0.339 e. The van der Waals surface area contributed by atoms with Crippen LogP contribution in [0.5, 0.6) is 5.75 Å². The van der Waals surface area contributed by atoms with Crippen LogP contribution < -0.4 is 4.74 Å². The standard InChI is InChI=1S/C12H15IO5S/c1-8(2)19(16,17)6-5-18-11-4-3-9(13)7-10(11)12(14)15/h3-4,7-8H,5-6H2,1-2H3,(H,14,15). The van der Waals surface area contributed by atoms with Gasteiger partial charge in [-0.3, -0.25) is 0 Å². The topological polar surface area (TPSA) is 80.7 Å². The number of benzene rings is 1. The zero-order valence-electron chi connectivity index (χ0n) is 10.6. The van der Waals surface area contributed by atoms with Crippen LogP contribution in [0.1, 0.15) is 24.2 Å². The third-order valence-electron chi connectivity index (χ3n) is 2.52. The van der Waals surface area contributed by atoms with E-state index in [9.17, 15) is 13.2 Å². The molecule has 7 heteroatoms. The monoisotopic (exact) mass is 398 g/mol. The molecule has 0 bridgehead atoms. The van der Waals surface area contributed by atoms with Crippen LogP contribution >= 0.6 is 22.6 Å². The average molecular weight is 398 g/mol. The predicted molar refractivity (Wildman–Crippen MR) is 80.5 cm³/mol. The number of carboxylic acids is 1. The fraction of sp³-hybridized carbons (Fsp3) is 0.417. The van der Waals surface area contributed by atoms with Gasteiger partial charge in [0, 0.05) is 3.57 Å². The van der Waals surface area contributed by atoms with E-state index in [0.717, 1.165) is 3.57 Å². The van der Waals surface area contributed by atoms with Crippen molar-refractivity contribution in [2.24, 2.45) is 0 Å². The van der Waals surface area contributed by atoms with Crippen LogP contribution in [0.15, 0.2) is 18.2 Å². The van der Waals surface area contributed by atoms with Gasteiger partial charge in [0.1, 0.15) is 17.9 Å². The number of halogens is 1. The zero-order chi connectivity index (χ0) is 14.6. The van der Waals surface area contributed by atoms with Gasteiger partial charge in [0.2, 0.25) is 0 Å². The number of ether oxygens (including phenoxy) is 1. The first kappa shape index (κ1) is 16.2. The van der Waals surface area contributed by atoms with Gasteiger partial charge in [-0.1, -0.05) is 0 Å². The Balaban J connectivity index is 2.77. The van der Waals surface area contributed by atoms with Crippen molar-refractivity contribution in [1.29, 1.82) is 0 Å². The number of hydrogen-bond donors (Lipinski definition) is 1. The number of hydrogen-bond acceptors (Lipinski definition) is 4. The summed E-state index contributed by atoms with van der Waals surface area (Å²) in [6.45, 7) is 3.15. The molecule has 5 nitrogen and oxygen atoms in total. The fourth-order valence-corrected chi connectivity index (χ4v) is 2.58. The summed E-state index contributed by atoms with van der Waals surface area (Å²) in [6.07, 6.45) is 0. The van der Waals surface area contributed by atoms with Crippen LogP contribution in [0.4, 0.5) is 0 Å². The highest BCUT2D eigenvalue weighted by Gasteiger charge is 2.17. The first-order chi connectivity index (χ1) is 8.74. The van der Waals surface area contributed by atoms with Crippen LogP contribution in [0.2, 0.25) is 0 Å². The molecule has 0 unspecified atom stereocenters. The highest BCUT2D eigenvalue weighted by molar-refractivity contribution is 14.1. The van der Waals surface area contributed by atoms with Gasteiger partial charge in [-0.25, -0.2) is 13.2 Å². The van der Waals surface area contributed by atoms with Gasteiger partial charge in [0.05, 0.1) is 11.0 Å². The summed E-state index contributed by atoms with van der Waals surface area (Å²) in [5, 5.41) is 8.57. The molecule has 0 aliphatic carbocycles. The van der Waals surface area contributed by atoms with Crippen LogP contribution in [0.25, 0.3) is 0 Å². The lowest BCUT2D eigenvalue weighted by Crippen LogP contribution is -2.22. The van der Waals surface area contributed by atoms with Crippen molar-refractivity contribution >= 4 is 38.4 Å². The Morgan fingerprint density at radius 1 is 1.42 bits per heavy atom. The maximum absolute atomic E-state index is 11.6. The van der Waals surface area contributed by atoms with Gasteiger partial charge in [-0.2, -0.15) is 0 Å². The van der Waals surface area contributed by atoms with Crippen molar-refractivity contribution < 1.29 is 23.1 Å². The molecule has 0 saturated carbocycles. The summed E-state index contributed by atoms with van der Waals surface area (Å²) in [7, 11) is -3.18. The Labute approximate surface area is 126 Å². The minimum absolute atomic E-state index is 0.0360. The van der Waals surface area contributed by atoms with E-state index in [4.69, 9.17) is 9.84 Å². The lowest BCUT2D eigenvalue weighted by molar-refractivity contribution is 0.0692. The second-order valence-corrected chi connectivity index (χ2v) is 8.13. The lowest BCUT2D eigenvalue weighted by Gasteiger charge is -2.11. The first-order valence-electron chi connectivity index (χ1n) is 5.61. The molecule has 0 heterocycles. The molecule has 1 aromatic carbocycles. The van der Waals surface area contributed by atoms with Crippen molar-refractivity contribution in [2.45, 2.75) is 19.1 Å². The second-order valence-electron chi connectivity index (χ2n) is 4.21. The van der Waals surface area contributed by atoms with E-state index in [1.807, 2.05) is 22.6 Å². The number of carbonyl (C=O) groups is 1. The Morgan fingerprint density at radius 3 is 2.58 bits per heavy atom. The van der Waals surface area contributed by atoms with E-state index >= 15 is 0 Å². The largest absolute Gasteiger partial charge is 0.492 e. The normalized spacial score (nSPS) is 11.6. The van der Waals surface area contributed by atoms with Crippen LogP contribution in [-0.2, 0) is 9.84 Å². The molecule has 1 rings (SSSR count). The molecule has 0 spiro atoms. The van der Waals surface area contributed by atoms with Gasteiger partial charge in [-0.05, 0) is 54.6 Å². The SMILES string of the molecule is CC(C)S(=O)(=O)CCOc1ccc(I)cc1C(=O)O. The second kappa shape index (κ2) is 6.56. The molecular weight excluding hydrogens is 383 g/mol. The van der Waals surface area contributed by atoms with Crippen LogP contribution in [0, 0.1) is 3.57 Å². The fourth-order valence-electron chi connectivity index (χ4n) is 1.30. The summed E-state index contributed by atoms with van der Waals surface area (Å²) < 4.78 is 29.2. The van der Waals surface area contributed by atoms with Crippen molar-refractivity contribution in [3.05, 3.63) is 27.3 Å². The summed E-state index contributed by atoms with van der Waals surface area (Å²) in [5.41, 5.74) is 0.0360. The maximum Gasteiger partial charge on any atom is 0.339 e. The van der Waals surface area contributed by atoms with E-state index in [1.165, 1.54) is 12.1 Å². The highest BCUT2D eigenvalue weighted by Crippen LogP contribution is 2.21. The Bertz CT molecular complexity index is 565. The molecule has 19 heavy (non-hydrogen) atoms. The molecular formula is C12H15IO5S. The number of carboxylic acid groups (broad SMARTS) is 1. The van der Waals surface area contributed by atoms with E-state index in [2.05, 4.69) is 0 Å². The molecule has 0 aromatic heterocycles. The van der Waals surface area contributed by atoms with Crippen LogP contribution in [0.3, 0.4) is 0 Å². The number of rotatable bonds is 6. The molecule has 0 aliphatic heterocycles. The number of sulfone groups is 1.